The van der Waals surface area contributed by atoms with Crippen molar-refractivity contribution in [1.29, 1.82) is 0 Å². The first-order valence-electron chi connectivity index (χ1n) is 8.87. The Morgan fingerprint density at radius 1 is 1.22 bits per heavy atom. The van der Waals surface area contributed by atoms with Crippen molar-refractivity contribution < 1.29 is 18.8 Å². The van der Waals surface area contributed by atoms with Crippen LogP contribution in [0.4, 0.5) is 5.95 Å². The Kier molecular flexibility index (Phi) is 6.17. The highest BCUT2D eigenvalue weighted by Crippen LogP contribution is 2.15. The Morgan fingerprint density at radius 3 is 2.67 bits per heavy atom. The van der Waals surface area contributed by atoms with Crippen LogP contribution < -0.4 is 15.0 Å². The van der Waals surface area contributed by atoms with Gasteiger partial charge in [-0.25, -0.2) is 0 Å². The molecule has 0 unspecified atom stereocenters. The predicted molar refractivity (Wildman–Crippen MR) is 95.6 cm³/mol. The molecule has 0 saturated carbocycles. The van der Waals surface area contributed by atoms with E-state index in [1.807, 2.05) is 18.7 Å². The van der Waals surface area contributed by atoms with E-state index in [1.54, 1.807) is 0 Å². The third kappa shape index (κ3) is 4.91. The van der Waals surface area contributed by atoms with Gasteiger partial charge in [0, 0.05) is 25.1 Å². The number of morpholine rings is 1. The van der Waals surface area contributed by atoms with Gasteiger partial charge in [-0.05, 0) is 20.3 Å². The minimum Gasteiger partial charge on any atom is -0.467 e. The normalized spacial score (nSPS) is 14.3. The third-order valence-corrected chi connectivity index (χ3v) is 4.35. The average molecular weight is 376 g/mol. The highest BCUT2D eigenvalue weighted by atomic mass is 16.5. The number of rotatable bonds is 7. The Bertz CT molecular complexity index is 768. The number of hydrogen-bond donors (Lipinski definition) is 1. The fourth-order valence-corrected chi connectivity index (χ4v) is 2.82. The molecular weight excluding hydrogens is 352 g/mol. The molecular formula is C17H24N6O4. The smallest absolute Gasteiger partial charge is 0.321 e. The average Bonchev–Trinajstić information content (AvgIpc) is 3.02. The van der Waals surface area contributed by atoms with Crippen LogP contribution in [0, 0.1) is 13.8 Å². The maximum atomic E-state index is 12.2. The van der Waals surface area contributed by atoms with E-state index in [2.05, 4.69) is 25.4 Å². The van der Waals surface area contributed by atoms with Crippen molar-refractivity contribution in [2.75, 3.05) is 38.3 Å². The number of anilines is 1. The van der Waals surface area contributed by atoms with E-state index in [4.69, 9.17) is 14.0 Å². The van der Waals surface area contributed by atoms with Gasteiger partial charge in [-0.3, -0.25) is 4.79 Å². The number of methoxy groups -OCH3 is 1. The molecule has 0 bridgehead atoms. The molecule has 0 spiro atoms. The molecule has 2 aromatic rings. The number of carbonyl (C=O) groups is 1. The Balaban J connectivity index is 1.58. The van der Waals surface area contributed by atoms with Crippen LogP contribution in [0.25, 0.3) is 0 Å². The zero-order valence-corrected chi connectivity index (χ0v) is 15.8. The lowest BCUT2D eigenvalue weighted by atomic mass is 10.1. The summed E-state index contributed by atoms with van der Waals surface area (Å²) in [7, 11) is 1.50. The maximum absolute atomic E-state index is 12.2. The van der Waals surface area contributed by atoms with Gasteiger partial charge in [0.2, 0.25) is 11.9 Å². The summed E-state index contributed by atoms with van der Waals surface area (Å²) >= 11 is 0. The fraction of sp³-hybridized carbons (Fsp3) is 0.588. The zero-order valence-electron chi connectivity index (χ0n) is 15.8. The second-order valence-corrected chi connectivity index (χ2v) is 6.22. The van der Waals surface area contributed by atoms with Crippen molar-refractivity contribution in [3.05, 3.63) is 22.8 Å². The first kappa shape index (κ1) is 19.0. The van der Waals surface area contributed by atoms with Gasteiger partial charge in [0.25, 0.3) is 0 Å². The Labute approximate surface area is 157 Å². The Hall–Kier alpha value is -2.75. The van der Waals surface area contributed by atoms with Crippen LogP contribution in [-0.4, -0.2) is 59.4 Å². The van der Waals surface area contributed by atoms with E-state index in [-0.39, 0.29) is 18.5 Å². The molecule has 27 heavy (non-hydrogen) atoms. The first-order valence-corrected chi connectivity index (χ1v) is 8.87. The van der Waals surface area contributed by atoms with Crippen LogP contribution in [0.2, 0.25) is 0 Å². The number of carbonyl (C=O) groups excluding carboxylic acids is 1. The highest BCUT2D eigenvalue weighted by molar-refractivity contribution is 5.76. The minimum atomic E-state index is -0.0951. The molecule has 1 fully saturated rings. The van der Waals surface area contributed by atoms with Crippen LogP contribution in [0.1, 0.15) is 29.3 Å². The van der Waals surface area contributed by atoms with Gasteiger partial charge in [-0.1, -0.05) is 5.16 Å². The number of nitrogens with one attached hydrogen (secondary N) is 1. The Morgan fingerprint density at radius 2 is 2.00 bits per heavy atom. The van der Waals surface area contributed by atoms with E-state index in [0.29, 0.717) is 50.9 Å². The summed E-state index contributed by atoms with van der Waals surface area (Å²) in [4.78, 5) is 27.1. The number of aromatic nitrogens is 4. The van der Waals surface area contributed by atoms with Gasteiger partial charge in [-0.2, -0.15) is 15.0 Å². The lowest BCUT2D eigenvalue weighted by Gasteiger charge is -2.26. The molecule has 10 nitrogen and oxygen atoms in total. The zero-order chi connectivity index (χ0) is 19.2. The van der Waals surface area contributed by atoms with E-state index in [0.717, 1.165) is 17.0 Å². The van der Waals surface area contributed by atoms with Gasteiger partial charge in [0.15, 0.2) is 5.82 Å². The van der Waals surface area contributed by atoms with E-state index < -0.39 is 0 Å². The SMILES string of the molecule is COc1nc(CNC(=O)CCc2c(C)noc2C)nc(N2CCOCC2)n1. The standard InChI is InChI=1S/C17H24N6O4/c1-11-13(12(2)27-22-11)4-5-15(24)18-10-14-19-16(21-17(20-14)25-3)23-6-8-26-9-7-23/h4-10H2,1-3H3,(H,18,24). The van der Waals surface area contributed by atoms with E-state index in [9.17, 15) is 4.79 Å². The van der Waals surface area contributed by atoms with Gasteiger partial charge in [0.1, 0.15) is 5.76 Å². The van der Waals surface area contributed by atoms with Crippen molar-refractivity contribution in [3.63, 3.8) is 0 Å². The third-order valence-electron chi connectivity index (χ3n) is 4.35. The molecule has 1 N–H and O–H groups in total. The molecule has 146 valence electrons. The number of nitrogens with zero attached hydrogens (tertiary/aromatic N) is 5. The number of aryl methyl sites for hydroxylation is 2. The second kappa shape index (κ2) is 8.76. The summed E-state index contributed by atoms with van der Waals surface area (Å²) in [5, 5.41) is 6.74. The second-order valence-electron chi connectivity index (χ2n) is 6.22. The van der Waals surface area contributed by atoms with Crippen molar-refractivity contribution in [1.82, 2.24) is 25.4 Å². The van der Waals surface area contributed by atoms with Gasteiger partial charge in [0.05, 0.1) is 32.6 Å². The molecule has 0 aromatic carbocycles. The van der Waals surface area contributed by atoms with Crippen LogP contribution in [0.3, 0.4) is 0 Å². The van der Waals surface area contributed by atoms with Crippen LogP contribution in [-0.2, 0) is 22.5 Å². The van der Waals surface area contributed by atoms with Crippen molar-refractivity contribution >= 4 is 11.9 Å². The molecule has 10 heteroatoms. The highest BCUT2D eigenvalue weighted by Gasteiger charge is 2.17. The van der Waals surface area contributed by atoms with Gasteiger partial charge < -0.3 is 24.2 Å². The largest absolute Gasteiger partial charge is 0.467 e. The predicted octanol–water partition coefficient (Wildman–Crippen LogP) is 0.571. The number of amides is 1. The van der Waals surface area contributed by atoms with Crippen molar-refractivity contribution in [2.45, 2.75) is 33.2 Å². The van der Waals surface area contributed by atoms with Crippen molar-refractivity contribution in [2.24, 2.45) is 0 Å². The monoisotopic (exact) mass is 376 g/mol. The molecule has 1 aliphatic heterocycles. The summed E-state index contributed by atoms with van der Waals surface area (Å²) in [5.41, 5.74) is 1.79. The molecule has 3 rings (SSSR count). The van der Waals surface area contributed by atoms with E-state index in [1.165, 1.54) is 7.11 Å². The molecule has 2 aromatic heterocycles. The molecule has 1 saturated heterocycles. The molecule has 1 aliphatic rings. The summed E-state index contributed by atoms with van der Waals surface area (Å²) in [6.45, 7) is 6.58. The summed E-state index contributed by atoms with van der Waals surface area (Å²) in [6, 6.07) is 0.228. The number of hydrogen-bond acceptors (Lipinski definition) is 9. The lowest BCUT2D eigenvalue weighted by molar-refractivity contribution is -0.121. The van der Waals surface area contributed by atoms with Crippen LogP contribution in [0.5, 0.6) is 6.01 Å². The molecule has 3 heterocycles. The van der Waals surface area contributed by atoms with E-state index >= 15 is 0 Å². The van der Waals surface area contributed by atoms with Gasteiger partial charge in [-0.15, -0.1) is 0 Å². The minimum absolute atomic E-state index is 0.0951. The summed E-state index contributed by atoms with van der Waals surface area (Å²) < 4.78 is 15.6. The maximum Gasteiger partial charge on any atom is 0.321 e. The molecule has 0 atom stereocenters. The van der Waals surface area contributed by atoms with Crippen LogP contribution in [0.15, 0.2) is 4.52 Å². The van der Waals surface area contributed by atoms with Crippen molar-refractivity contribution in [3.8, 4) is 6.01 Å². The molecule has 0 radical (unpaired) electrons. The number of ether oxygens (including phenoxy) is 2. The van der Waals surface area contributed by atoms with Crippen LogP contribution >= 0.6 is 0 Å². The summed E-state index contributed by atoms with van der Waals surface area (Å²) in [6.07, 6.45) is 0.911. The quantitative estimate of drug-likeness (QED) is 0.740. The fourth-order valence-electron chi connectivity index (χ4n) is 2.82. The van der Waals surface area contributed by atoms with Gasteiger partial charge >= 0.3 is 6.01 Å². The topological polar surface area (TPSA) is 116 Å². The summed E-state index contributed by atoms with van der Waals surface area (Å²) in [5.74, 6) is 1.64. The lowest BCUT2D eigenvalue weighted by Crippen LogP contribution is -2.37. The molecule has 0 aliphatic carbocycles. The first-order chi connectivity index (χ1) is 13.1. The molecule has 1 amide bonds.